The number of amides is 1. The van der Waals surface area contributed by atoms with Crippen LogP contribution in [0.3, 0.4) is 0 Å². The second-order valence-electron chi connectivity index (χ2n) is 4.66. The summed E-state index contributed by atoms with van der Waals surface area (Å²) in [6.07, 6.45) is -5.01. The highest BCUT2D eigenvalue weighted by atomic mass is 32.1. The molecule has 5 nitrogen and oxygen atoms in total. The zero-order valence-electron chi connectivity index (χ0n) is 11.4. The van der Waals surface area contributed by atoms with E-state index < -0.39 is 30.1 Å². The first-order valence-corrected chi connectivity index (χ1v) is 6.82. The molecule has 0 bridgehead atoms. The number of aliphatic carboxylic acids is 1. The summed E-state index contributed by atoms with van der Waals surface area (Å²) in [6, 6.07) is 1.79. The molecule has 0 saturated heterocycles. The fourth-order valence-corrected chi connectivity index (χ4v) is 2.09. The number of thiophene rings is 1. The van der Waals surface area contributed by atoms with Gasteiger partial charge in [0.25, 0.3) is 0 Å². The van der Waals surface area contributed by atoms with E-state index in [1.165, 1.54) is 23.3 Å². The van der Waals surface area contributed by atoms with Crippen molar-refractivity contribution in [3.63, 3.8) is 0 Å². The van der Waals surface area contributed by atoms with Crippen LogP contribution in [0.25, 0.3) is 0 Å². The van der Waals surface area contributed by atoms with Crippen LogP contribution in [-0.4, -0.2) is 47.2 Å². The van der Waals surface area contributed by atoms with Crippen molar-refractivity contribution in [1.82, 2.24) is 10.2 Å². The van der Waals surface area contributed by atoms with Crippen LogP contribution in [0, 0.1) is 0 Å². The molecular weight excluding hydrogens is 309 g/mol. The van der Waals surface area contributed by atoms with E-state index in [0.29, 0.717) is 6.92 Å². The lowest BCUT2D eigenvalue weighted by molar-refractivity contribution is -0.205. The molecule has 0 aromatic carbocycles. The van der Waals surface area contributed by atoms with Crippen molar-refractivity contribution in [1.29, 1.82) is 0 Å². The molecule has 0 saturated carbocycles. The van der Waals surface area contributed by atoms with Gasteiger partial charge in [0.1, 0.15) is 0 Å². The van der Waals surface area contributed by atoms with Gasteiger partial charge in [0.05, 0.1) is 6.54 Å². The Labute approximate surface area is 123 Å². The molecule has 1 aromatic heterocycles. The third kappa shape index (κ3) is 4.18. The molecule has 1 heterocycles. The molecule has 1 amide bonds. The number of hydrogen-bond donors (Lipinski definition) is 2. The Morgan fingerprint density at radius 3 is 2.48 bits per heavy atom. The van der Waals surface area contributed by atoms with Crippen molar-refractivity contribution >= 4 is 23.2 Å². The third-order valence-corrected chi connectivity index (χ3v) is 3.75. The molecule has 0 fully saturated rings. The van der Waals surface area contributed by atoms with Gasteiger partial charge in [-0.15, -0.1) is 0 Å². The largest absolute Gasteiger partial charge is 0.480 e. The highest BCUT2D eigenvalue weighted by Gasteiger charge is 2.57. The van der Waals surface area contributed by atoms with Crippen LogP contribution in [0.4, 0.5) is 13.2 Å². The minimum Gasteiger partial charge on any atom is -0.480 e. The van der Waals surface area contributed by atoms with Crippen molar-refractivity contribution in [2.24, 2.45) is 0 Å². The van der Waals surface area contributed by atoms with Crippen molar-refractivity contribution in [2.45, 2.75) is 25.2 Å². The molecule has 0 spiro atoms. The fourth-order valence-electron chi connectivity index (χ4n) is 1.43. The summed E-state index contributed by atoms with van der Waals surface area (Å²) >= 11 is 1.44. The normalized spacial score (nSPS) is 14.5. The number of carbonyl (C=O) groups excluding carboxylic acids is 1. The number of nitrogens with one attached hydrogen (secondary N) is 1. The lowest BCUT2D eigenvalue weighted by atomic mass is 10.0. The molecule has 118 valence electrons. The quantitative estimate of drug-likeness (QED) is 0.836. The molecule has 9 heteroatoms. The number of carboxylic acids is 1. The summed E-state index contributed by atoms with van der Waals surface area (Å²) in [4.78, 5) is 23.8. The summed E-state index contributed by atoms with van der Waals surface area (Å²) in [5.74, 6) is -2.71. The van der Waals surface area contributed by atoms with Gasteiger partial charge >= 0.3 is 12.1 Å². The van der Waals surface area contributed by atoms with Gasteiger partial charge in [-0.05, 0) is 29.3 Å². The molecule has 1 unspecified atom stereocenters. The van der Waals surface area contributed by atoms with Crippen molar-refractivity contribution in [2.75, 3.05) is 13.6 Å². The van der Waals surface area contributed by atoms with Gasteiger partial charge < -0.3 is 10.0 Å². The number of carbonyl (C=O) groups is 2. The van der Waals surface area contributed by atoms with Crippen LogP contribution in [0.1, 0.15) is 12.5 Å². The Kier molecular flexibility index (Phi) is 5.35. The van der Waals surface area contributed by atoms with E-state index in [4.69, 9.17) is 5.11 Å². The molecule has 1 aromatic rings. The number of likely N-dealkylation sites (N-methyl/N-ethyl adjacent to an activating group) is 1. The van der Waals surface area contributed by atoms with Crippen LogP contribution < -0.4 is 5.32 Å². The SMILES string of the molecule is CN(Cc1ccsc1)C(=O)CNC(C)(C(=O)O)C(F)(F)F. The van der Waals surface area contributed by atoms with Crippen LogP contribution in [-0.2, 0) is 16.1 Å². The molecule has 1 rings (SSSR count). The second kappa shape index (κ2) is 6.44. The number of halogens is 3. The predicted molar refractivity (Wildman–Crippen MR) is 70.9 cm³/mol. The van der Waals surface area contributed by atoms with Gasteiger partial charge in [0.2, 0.25) is 11.4 Å². The van der Waals surface area contributed by atoms with E-state index in [1.54, 1.807) is 11.4 Å². The first kappa shape index (κ1) is 17.4. The van der Waals surface area contributed by atoms with E-state index in [-0.39, 0.29) is 6.54 Å². The Hall–Kier alpha value is -1.61. The van der Waals surface area contributed by atoms with E-state index in [1.807, 2.05) is 10.8 Å². The lowest BCUT2D eigenvalue weighted by Crippen LogP contribution is -2.61. The first-order chi connectivity index (χ1) is 9.58. The minimum absolute atomic E-state index is 0.250. The summed E-state index contributed by atoms with van der Waals surface area (Å²) in [5, 5.41) is 14.1. The standard InChI is InChI=1S/C12H15F3N2O3S/c1-11(10(19)20,12(13,14)15)16-5-9(18)17(2)6-8-3-4-21-7-8/h3-4,7,16H,5-6H2,1-2H3,(H,19,20). The zero-order valence-corrected chi connectivity index (χ0v) is 12.2. The van der Waals surface area contributed by atoms with Gasteiger partial charge in [-0.3, -0.25) is 10.1 Å². The monoisotopic (exact) mass is 324 g/mol. The van der Waals surface area contributed by atoms with Crippen LogP contribution >= 0.6 is 11.3 Å². The average Bonchev–Trinajstić information content (AvgIpc) is 2.86. The molecule has 0 radical (unpaired) electrons. The number of rotatable bonds is 6. The Balaban J connectivity index is 2.64. The number of hydrogen-bond acceptors (Lipinski definition) is 4. The number of nitrogens with zero attached hydrogens (tertiary/aromatic N) is 1. The van der Waals surface area contributed by atoms with Crippen LogP contribution in [0.2, 0.25) is 0 Å². The zero-order chi connectivity index (χ0) is 16.3. The highest BCUT2D eigenvalue weighted by Crippen LogP contribution is 2.30. The van der Waals surface area contributed by atoms with Crippen LogP contribution in [0.15, 0.2) is 16.8 Å². The Morgan fingerprint density at radius 1 is 1.43 bits per heavy atom. The van der Waals surface area contributed by atoms with Crippen molar-refractivity contribution < 1.29 is 27.9 Å². The van der Waals surface area contributed by atoms with E-state index in [2.05, 4.69) is 0 Å². The van der Waals surface area contributed by atoms with Gasteiger partial charge in [0.15, 0.2) is 0 Å². The number of alkyl halides is 3. The van der Waals surface area contributed by atoms with E-state index in [0.717, 1.165) is 5.56 Å². The molecule has 0 aliphatic rings. The maximum absolute atomic E-state index is 12.7. The molecule has 1 atom stereocenters. The molecule has 21 heavy (non-hydrogen) atoms. The second-order valence-corrected chi connectivity index (χ2v) is 5.44. The van der Waals surface area contributed by atoms with E-state index >= 15 is 0 Å². The minimum atomic E-state index is -5.01. The molecular formula is C12H15F3N2O3S. The summed E-state index contributed by atoms with van der Waals surface area (Å²) in [6.45, 7) is 0.0181. The third-order valence-electron chi connectivity index (χ3n) is 3.01. The van der Waals surface area contributed by atoms with Gasteiger partial charge in [-0.1, -0.05) is 0 Å². The summed E-state index contributed by atoms with van der Waals surface area (Å²) < 4.78 is 38.2. The maximum atomic E-state index is 12.7. The summed E-state index contributed by atoms with van der Waals surface area (Å²) in [5.41, 5.74) is -2.31. The smallest absolute Gasteiger partial charge is 0.417 e. The summed E-state index contributed by atoms with van der Waals surface area (Å²) in [7, 11) is 1.44. The average molecular weight is 324 g/mol. The van der Waals surface area contributed by atoms with Crippen molar-refractivity contribution in [3.05, 3.63) is 22.4 Å². The fraction of sp³-hybridized carbons (Fsp3) is 0.500. The van der Waals surface area contributed by atoms with Gasteiger partial charge in [-0.2, -0.15) is 24.5 Å². The van der Waals surface area contributed by atoms with Gasteiger partial charge in [-0.25, -0.2) is 4.79 Å². The predicted octanol–water partition coefficient (Wildman–Crippen LogP) is 1.70. The Bertz CT molecular complexity index is 504. The number of carboxylic acid groups (broad SMARTS) is 1. The topological polar surface area (TPSA) is 69.6 Å². The first-order valence-electron chi connectivity index (χ1n) is 5.88. The van der Waals surface area contributed by atoms with E-state index in [9.17, 15) is 22.8 Å². The molecule has 2 N–H and O–H groups in total. The maximum Gasteiger partial charge on any atom is 0.417 e. The molecule has 0 aliphatic carbocycles. The van der Waals surface area contributed by atoms with Crippen LogP contribution in [0.5, 0.6) is 0 Å². The highest BCUT2D eigenvalue weighted by molar-refractivity contribution is 7.07. The molecule has 0 aliphatic heterocycles. The van der Waals surface area contributed by atoms with Crippen molar-refractivity contribution in [3.8, 4) is 0 Å². The Morgan fingerprint density at radius 2 is 2.05 bits per heavy atom. The lowest BCUT2D eigenvalue weighted by Gasteiger charge is -2.29. The van der Waals surface area contributed by atoms with Gasteiger partial charge in [0, 0.05) is 13.6 Å².